The number of amides is 1. The van der Waals surface area contributed by atoms with E-state index in [1.807, 2.05) is 58.9 Å². The second-order valence-electron chi connectivity index (χ2n) is 6.29. The van der Waals surface area contributed by atoms with Crippen LogP contribution in [0.3, 0.4) is 0 Å². The number of ether oxygens (including phenoxy) is 1. The Labute approximate surface area is 152 Å². The van der Waals surface area contributed by atoms with Crippen LogP contribution in [0.4, 0.5) is 0 Å². The predicted molar refractivity (Wildman–Crippen MR) is 98.7 cm³/mol. The first kappa shape index (κ1) is 19.3. The Kier molecular flexibility index (Phi) is 6.47. The number of carbonyl (C=O) groups is 1. The summed E-state index contributed by atoms with van der Waals surface area (Å²) in [5, 5.41) is 11.2. The molecular formula is C18H25N3O3S. The molecule has 1 amide bonds. The van der Waals surface area contributed by atoms with E-state index in [0.717, 1.165) is 12.0 Å². The Hall–Kier alpha value is -2.02. The third kappa shape index (κ3) is 5.22. The van der Waals surface area contributed by atoms with Crippen LogP contribution in [0.5, 0.6) is 5.75 Å². The molecule has 25 heavy (non-hydrogen) atoms. The van der Waals surface area contributed by atoms with Crippen molar-refractivity contribution < 1.29 is 13.9 Å². The molecular weight excluding hydrogens is 338 g/mol. The minimum atomic E-state index is -0.332. The van der Waals surface area contributed by atoms with Crippen LogP contribution in [-0.4, -0.2) is 33.5 Å². The van der Waals surface area contributed by atoms with E-state index in [9.17, 15) is 4.79 Å². The Bertz CT molecular complexity index is 715. The monoisotopic (exact) mass is 363 g/mol. The second-order valence-corrected chi connectivity index (χ2v) is 7.58. The quantitative estimate of drug-likeness (QED) is 0.716. The maximum absolute atomic E-state index is 12.3. The molecule has 1 aromatic heterocycles. The lowest BCUT2D eigenvalue weighted by molar-refractivity contribution is -0.121. The minimum Gasteiger partial charge on any atom is -0.493 e. The highest BCUT2D eigenvalue weighted by molar-refractivity contribution is 8.00. The maximum atomic E-state index is 12.3. The first-order valence-electron chi connectivity index (χ1n) is 8.40. The van der Waals surface area contributed by atoms with Crippen LogP contribution in [-0.2, 0) is 4.79 Å². The smallest absolute Gasteiger partial charge is 0.277 e. The molecule has 1 atom stereocenters. The first-order chi connectivity index (χ1) is 11.9. The SMILES string of the molecule is CCOc1ccccc1-c1nnc(SC(C)C(=O)NC(C)(C)CC)o1. The molecule has 0 fully saturated rings. The summed E-state index contributed by atoms with van der Waals surface area (Å²) in [6, 6.07) is 7.51. The van der Waals surface area contributed by atoms with Crippen molar-refractivity contribution in [2.75, 3.05) is 6.61 Å². The molecule has 6 nitrogen and oxygen atoms in total. The predicted octanol–water partition coefficient (Wildman–Crippen LogP) is 3.92. The topological polar surface area (TPSA) is 77.2 Å². The van der Waals surface area contributed by atoms with Crippen LogP contribution in [0.25, 0.3) is 11.5 Å². The van der Waals surface area contributed by atoms with Crippen molar-refractivity contribution in [2.24, 2.45) is 0 Å². The zero-order valence-electron chi connectivity index (χ0n) is 15.3. The van der Waals surface area contributed by atoms with E-state index < -0.39 is 0 Å². The molecule has 2 aromatic rings. The minimum absolute atomic E-state index is 0.0497. The van der Waals surface area contributed by atoms with Gasteiger partial charge in [-0.1, -0.05) is 30.8 Å². The summed E-state index contributed by atoms with van der Waals surface area (Å²) >= 11 is 1.24. The lowest BCUT2D eigenvalue weighted by Crippen LogP contribution is -2.46. The van der Waals surface area contributed by atoms with E-state index in [1.54, 1.807) is 0 Å². The van der Waals surface area contributed by atoms with Gasteiger partial charge in [0.05, 0.1) is 17.4 Å². The van der Waals surface area contributed by atoms with Crippen LogP contribution in [0.2, 0.25) is 0 Å². The fourth-order valence-corrected chi connectivity index (χ4v) is 2.70. The number of nitrogens with one attached hydrogen (secondary N) is 1. The number of para-hydroxylation sites is 1. The van der Waals surface area contributed by atoms with E-state index in [2.05, 4.69) is 15.5 Å². The highest BCUT2D eigenvalue weighted by Crippen LogP contribution is 2.31. The number of rotatable bonds is 8. The van der Waals surface area contributed by atoms with Gasteiger partial charge in [-0.3, -0.25) is 4.79 Å². The van der Waals surface area contributed by atoms with Gasteiger partial charge >= 0.3 is 0 Å². The maximum Gasteiger partial charge on any atom is 0.277 e. The van der Waals surface area contributed by atoms with Gasteiger partial charge in [-0.05, 0) is 46.2 Å². The first-order valence-corrected chi connectivity index (χ1v) is 9.28. The van der Waals surface area contributed by atoms with Crippen LogP contribution < -0.4 is 10.1 Å². The van der Waals surface area contributed by atoms with Crippen molar-refractivity contribution in [3.05, 3.63) is 24.3 Å². The lowest BCUT2D eigenvalue weighted by Gasteiger charge is -2.25. The highest BCUT2D eigenvalue weighted by atomic mass is 32.2. The van der Waals surface area contributed by atoms with E-state index in [-0.39, 0.29) is 16.7 Å². The van der Waals surface area contributed by atoms with E-state index in [4.69, 9.17) is 9.15 Å². The fourth-order valence-electron chi connectivity index (χ4n) is 2.02. The molecule has 0 spiro atoms. The van der Waals surface area contributed by atoms with Gasteiger partial charge < -0.3 is 14.5 Å². The van der Waals surface area contributed by atoms with E-state index in [0.29, 0.717) is 23.5 Å². The fraction of sp³-hybridized carbons (Fsp3) is 0.500. The molecule has 0 saturated carbocycles. The average Bonchev–Trinajstić information content (AvgIpc) is 3.03. The molecule has 1 heterocycles. The van der Waals surface area contributed by atoms with Gasteiger partial charge in [0.15, 0.2) is 0 Å². The van der Waals surface area contributed by atoms with Gasteiger partial charge in [0.2, 0.25) is 5.91 Å². The molecule has 2 rings (SSSR count). The summed E-state index contributed by atoms with van der Waals surface area (Å²) < 4.78 is 11.3. The summed E-state index contributed by atoms with van der Waals surface area (Å²) in [4.78, 5) is 12.3. The van der Waals surface area contributed by atoms with Crippen molar-refractivity contribution in [2.45, 2.75) is 57.1 Å². The van der Waals surface area contributed by atoms with Gasteiger partial charge in [-0.15, -0.1) is 10.2 Å². The highest BCUT2D eigenvalue weighted by Gasteiger charge is 2.24. The van der Waals surface area contributed by atoms with Gasteiger partial charge in [0.25, 0.3) is 11.1 Å². The molecule has 0 saturated heterocycles. The molecule has 136 valence electrons. The van der Waals surface area contributed by atoms with Crippen molar-refractivity contribution in [1.82, 2.24) is 15.5 Å². The number of hydrogen-bond donors (Lipinski definition) is 1. The molecule has 0 aliphatic carbocycles. The van der Waals surface area contributed by atoms with Gasteiger partial charge in [0, 0.05) is 5.54 Å². The van der Waals surface area contributed by atoms with E-state index in [1.165, 1.54) is 11.8 Å². The van der Waals surface area contributed by atoms with Crippen LogP contribution >= 0.6 is 11.8 Å². The molecule has 1 unspecified atom stereocenters. The van der Waals surface area contributed by atoms with Crippen molar-refractivity contribution in [3.63, 3.8) is 0 Å². The summed E-state index contributed by atoms with van der Waals surface area (Å²) in [5.74, 6) is 1.03. The summed E-state index contributed by atoms with van der Waals surface area (Å²) in [6.07, 6.45) is 0.856. The van der Waals surface area contributed by atoms with Crippen LogP contribution in [0, 0.1) is 0 Å². The third-order valence-electron chi connectivity index (χ3n) is 3.82. The zero-order chi connectivity index (χ0) is 18.4. The summed E-state index contributed by atoms with van der Waals surface area (Å²) in [7, 11) is 0. The Morgan fingerprint density at radius 3 is 2.72 bits per heavy atom. The number of hydrogen-bond acceptors (Lipinski definition) is 6. The Morgan fingerprint density at radius 1 is 1.32 bits per heavy atom. The van der Waals surface area contributed by atoms with Gasteiger partial charge in [-0.2, -0.15) is 0 Å². The number of carbonyl (C=O) groups excluding carboxylic acids is 1. The molecule has 1 aromatic carbocycles. The number of benzene rings is 1. The molecule has 1 N–H and O–H groups in total. The van der Waals surface area contributed by atoms with Crippen LogP contribution in [0.15, 0.2) is 33.9 Å². The summed E-state index contributed by atoms with van der Waals surface area (Å²) in [6.45, 7) is 10.3. The van der Waals surface area contributed by atoms with Gasteiger partial charge in [-0.25, -0.2) is 0 Å². The van der Waals surface area contributed by atoms with Crippen molar-refractivity contribution in [1.29, 1.82) is 0 Å². The average molecular weight is 363 g/mol. The van der Waals surface area contributed by atoms with E-state index >= 15 is 0 Å². The molecule has 0 aliphatic heterocycles. The normalized spacial score (nSPS) is 12.7. The standard InChI is InChI=1S/C18H25N3O3S/c1-6-18(4,5)19-15(22)12(3)25-17-21-20-16(24-17)13-10-8-9-11-14(13)23-7-2/h8-12H,6-7H2,1-5H3,(H,19,22). The number of nitrogens with zero attached hydrogens (tertiary/aromatic N) is 2. The van der Waals surface area contributed by atoms with Crippen molar-refractivity contribution in [3.8, 4) is 17.2 Å². The summed E-state index contributed by atoms with van der Waals surface area (Å²) in [5.41, 5.74) is 0.510. The molecule has 0 bridgehead atoms. The third-order valence-corrected chi connectivity index (χ3v) is 4.75. The number of thioether (sulfide) groups is 1. The Morgan fingerprint density at radius 2 is 2.04 bits per heavy atom. The van der Waals surface area contributed by atoms with Gasteiger partial charge in [0.1, 0.15) is 5.75 Å². The second kappa shape index (κ2) is 8.38. The Balaban J connectivity index is 2.08. The largest absolute Gasteiger partial charge is 0.493 e. The zero-order valence-corrected chi connectivity index (χ0v) is 16.1. The lowest BCUT2D eigenvalue weighted by atomic mass is 10.0. The van der Waals surface area contributed by atoms with Crippen LogP contribution in [0.1, 0.15) is 41.0 Å². The number of aromatic nitrogens is 2. The van der Waals surface area contributed by atoms with Crippen molar-refractivity contribution >= 4 is 17.7 Å². The molecule has 0 aliphatic rings. The molecule has 7 heteroatoms. The molecule has 0 radical (unpaired) electrons.